The van der Waals surface area contributed by atoms with E-state index in [0.29, 0.717) is 11.1 Å². The van der Waals surface area contributed by atoms with Crippen molar-refractivity contribution in [2.24, 2.45) is 0 Å². The molecule has 32 heavy (non-hydrogen) atoms. The molecule has 1 aliphatic rings. The lowest BCUT2D eigenvalue weighted by molar-refractivity contribution is 0.291. The fourth-order valence-electron chi connectivity index (χ4n) is 3.21. The standard InChI is InChI=1S/C15H16O8S2.C5H12N2/c1-8-3-10(14(6-12(8)16)24(18,19)20)5-11-4-9(2)13(17)7-15(11)25(21,22)23;1-7-4-2-6-3-5-7/h3-4,6-7,16-17H,5H2,1-2H3,(H,18,19,20)(H,21,22,23);6H,2-5H2,1H3. The van der Waals surface area contributed by atoms with Crippen LogP contribution in [0.3, 0.4) is 0 Å². The molecule has 0 aromatic heterocycles. The van der Waals surface area contributed by atoms with Crippen LogP contribution in [0.25, 0.3) is 0 Å². The van der Waals surface area contributed by atoms with Gasteiger partial charge in [-0.05, 0) is 43.1 Å². The number of rotatable bonds is 4. The third-order valence-electron chi connectivity index (χ3n) is 5.04. The average molecular weight is 489 g/mol. The van der Waals surface area contributed by atoms with Gasteiger partial charge in [-0.1, -0.05) is 12.1 Å². The lowest BCUT2D eigenvalue weighted by Crippen LogP contribution is -2.40. The van der Waals surface area contributed by atoms with E-state index in [0.717, 1.165) is 25.2 Å². The maximum Gasteiger partial charge on any atom is 0.294 e. The minimum atomic E-state index is -4.68. The first-order valence-corrected chi connectivity index (χ1v) is 12.6. The molecule has 1 heterocycles. The van der Waals surface area contributed by atoms with Gasteiger partial charge in [0.1, 0.15) is 21.3 Å². The van der Waals surface area contributed by atoms with Crippen molar-refractivity contribution in [2.75, 3.05) is 33.2 Å². The molecule has 178 valence electrons. The van der Waals surface area contributed by atoms with Gasteiger partial charge in [0, 0.05) is 44.7 Å². The van der Waals surface area contributed by atoms with Gasteiger partial charge in [0.2, 0.25) is 0 Å². The highest BCUT2D eigenvalue weighted by Gasteiger charge is 2.22. The Morgan fingerprint density at radius 3 is 1.47 bits per heavy atom. The third kappa shape index (κ3) is 6.89. The zero-order chi connectivity index (χ0) is 24.3. The maximum absolute atomic E-state index is 11.5. The van der Waals surface area contributed by atoms with Crippen molar-refractivity contribution in [3.63, 3.8) is 0 Å². The van der Waals surface area contributed by atoms with Crippen LogP contribution in [0.2, 0.25) is 0 Å². The molecule has 5 N–H and O–H groups in total. The van der Waals surface area contributed by atoms with Gasteiger partial charge in [0.25, 0.3) is 20.2 Å². The van der Waals surface area contributed by atoms with E-state index >= 15 is 0 Å². The number of phenolic OH excluding ortho intramolecular Hbond substituents is 2. The molecule has 0 saturated carbocycles. The largest absolute Gasteiger partial charge is 0.508 e. The van der Waals surface area contributed by atoms with Gasteiger partial charge in [-0.15, -0.1) is 0 Å². The maximum atomic E-state index is 11.5. The van der Waals surface area contributed by atoms with Crippen molar-refractivity contribution in [3.8, 4) is 11.5 Å². The van der Waals surface area contributed by atoms with Crippen molar-refractivity contribution < 1.29 is 36.2 Å². The normalized spacial score (nSPS) is 15.2. The van der Waals surface area contributed by atoms with Gasteiger partial charge in [0.15, 0.2) is 0 Å². The zero-order valence-electron chi connectivity index (χ0n) is 18.0. The first-order chi connectivity index (χ1) is 14.7. The number of aryl methyl sites for hydroxylation is 2. The van der Waals surface area contributed by atoms with E-state index < -0.39 is 30.0 Å². The molecule has 1 fully saturated rings. The van der Waals surface area contributed by atoms with Crippen LogP contribution >= 0.6 is 0 Å². The first-order valence-electron chi connectivity index (χ1n) is 9.69. The second-order valence-electron chi connectivity index (χ2n) is 7.67. The summed E-state index contributed by atoms with van der Waals surface area (Å²) in [5, 5.41) is 22.6. The monoisotopic (exact) mass is 488 g/mol. The number of hydrogen-bond acceptors (Lipinski definition) is 8. The molecule has 0 radical (unpaired) electrons. The molecule has 2 aromatic rings. The predicted octanol–water partition coefficient (Wildman–Crippen LogP) is 1.32. The smallest absolute Gasteiger partial charge is 0.294 e. The Morgan fingerprint density at radius 2 is 1.19 bits per heavy atom. The van der Waals surface area contributed by atoms with Crippen molar-refractivity contribution >= 4 is 20.2 Å². The summed E-state index contributed by atoms with van der Waals surface area (Å²) in [5.74, 6) is -0.707. The zero-order valence-corrected chi connectivity index (χ0v) is 19.7. The summed E-state index contributed by atoms with van der Waals surface area (Å²) in [6.07, 6.45) is -0.285. The highest BCUT2D eigenvalue weighted by Crippen LogP contribution is 2.31. The molecule has 0 amide bonds. The summed E-state index contributed by atoms with van der Waals surface area (Å²) in [7, 11) is -7.21. The molecule has 2 aromatic carbocycles. The first kappa shape index (κ1) is 26.0. The number of benzene rings is 2. The van der Waals surface area contributed by atoms with Crippen LogP contribution in [0.4, 0.5) is 0 Å². The SMILES string of the molecule is CN1CCNCC1.Cc1cc(Cc2cc(C)c(O)cc2S(=O)(=O)O)c(S(=O)(=O)O)cc1O. The summed E-state index contributed by atoms with van der Waals surface area (Å²) in [6, 6.07) is 4.30. The Balaban J connectivity index is 0.000000439. The van der Waals surface area contributed by atoms with Crippen molar-refractivity contribution in [1.29, 1.82) is 0 Å². The lowest BCUT2D eigenvalue weighted by Gasteiger charge is -2.21. The van der Waals surface area contributed by atoms with Crippen molar-refractivity contribution in [3.05, 3.63) is 46.5 Å². The van der Waals surface area contributed by atoms with Crippen LogP contribution < -0.4 is 5.32 Å². The topological polar surface area (TPSA) is 164 Å². The van der Waals surface area contributed by atoms with Crippen molar-refractivity contribution in [2.45, 2.75) is 30.1 Å². The van der Waals surface area contributed by atoms with E-state index in [1.807, 2.05) is 0 Å². The minimum Gasteiger partial charge on any atom is -0.508 e. The van der Waals surface area contributed by atoms with Crippen molar-refractivity contribution in [1.82, 2.24) is 10.2 Å². The Kier molecular flexibility index (Phi) is 8.26. The Hall–Kier alpha value is -2.22. The van der Waals surface area contributed by atoms with Gasteiger partial charge in [-0.3, -0.25) is 9.11 Å². The summed E-state index contributed by atoms with van der Waals surface area (Å²) >= 11 is 0. The number of piperazine rings is 1. The van der Waals surface area contributed by atoms with Crippen LogP contribution in [0.5, 0.6) is 11.5 Å². The molecule has 0 atom stereocenters. The second-order valence-corrected chi connectivity index (χ2v) is 10.5. The molecule has 10 nitrogen and oxygen atoms in total. The summed E-state index contributed by atoms with van der Waals surface area (Å²) in [5.41, 5.74) is 0.665. The molecule has 0 spiro atoms. The summed E-state index contributed by atoms with van der Waals surface area (Å²) < 4.78 is 64.9. The lowest BCUT2D eigenvalue weighted by atomic mass is 10.0. The van der Waals surface area contributed by atoms with E-state index in [-0.39, 0.29) is 29.0 Å². The van der Waals surface area contributed by atoms with Crippen LogP contribution in [-0.2, 0) is 26.7 Å². The highest BCUT2D eigenvalue weighted by atomic mass is 32.2. The average Bonchev–Trinajstić information content (AvgIpc) is 2.66. The van der Waals surface area contributed by atoms with Crippen LogP contribution in [0, 0.1) is 13.8 Å². The van der Waals surface area contributed by atoms with Gasteiger partial charge in [-0.25, -0.2) is 0 Å². The van der Waals surface area contributed by atoms with E-state index in [4.69, 9.17) is 0 Å². The number of phenols is 2. The number of hydrogen-bond donors (Lipinski definition) is 5. The van der Waals surface area contributed by atoms with E-state index in [2.05, 4.69) is 17.3 Å². The van der Waals surface area contributed by atoms with Gasteiger partial charge < -0.3 is 20.4 Å². The number of aromatic hydroxyl groups is 2. The Labute approximate surface area is 188 Å². The van der Waals surface area contributed by atoms with Crippen LogP contribution in [0.1, 0.15) is 22.3 Å². The highest BCUT2D eigenvalue weighted by molar-refractivity contribution is 7.86. The number of nitrogens with zero attached hydrogens (tertiary/aromatic N) is 1. The second kappa shape index (κ2) is 10.1. The third-order valence-corrected chi connectivity index (χ3v) is 6.91. The Morgan fingerprint density at radius 1 is 0.812 bits per heavy atom. The molecule has 1 saturated heterocycles. The number of likely N-dealkylation sites (N-methyl/N-ethyl adjacent to an activating group) is 1. The molecule has 0 unspecified atom stereocenters. The van der Waals surface area contributed by atoms with Crippen LogP contribution in [-0.4, -0.2) is 74.3 Å². The van der Waals surface area contributed by atoms with Crippen LogP contribution in [0.15, 0.2) is 34.1 Å². The molecule has 12 heteroatoms. The quantitative estimate of drug-likeness (QED) is 0.396. The van der Waals surface area contributed by atoms with E-state index in [9.17, 15) is 36.2 Å². The summed E-state index contributed by atoms with van der Waals surface area (Å²) in [4.78, 5) is 1.17. The molecule has 0 bridgehead atoms. The van der Waals surface area contributed by atoms with Gasteiger partial charge in [0.05, 0.1) is 0 Å². The summed E-state index contributed by atoms with van der Waals surface area (Å²) in [6.45, 7) is 7.74. The number of nitrogens with one attached hydrogen (secondary N) is 1. The fourth-order valence-corrected chi connectivity index (χ4v) is 4.66. The molecular formula is C20H28N2O8S2. The molecule has 0 aliphatic carbocycles. The minimum absolute atomic E-state index is 0.0211. The predicted molar refractivity (Wildman–Crippen MR) is 118 cm³/mol. The molecule has 1 aliphatic heterocycles. The Bertz CT molecular complexity index is 1100. The van der Waals surface area contributed by atoms with Gasteiger partial charge in [-0.2, -0.15) is 16.8 Å². The molecular weight excluding hydrogens is 460 g/mol. The fraction of sp³-hybridized carbons (Fsp3) is 0.400. The van der Waals surface area contributed by atoms with E-state index in [1.165, 1.54) is 39.1 Å². The van der Waals surface area contributed by atoms with Gasteiger partial charge >= 0.3 is 0 Å². The van der Waals surface area contributed by atoms with E-state index in [1.54, 1.807) is 0 Å². The molecule has 3 rings (SSSR count).